The molecule has 8 nitrogen and oxygen atoms in total. The maximum Gasteiger partial charge on any atom is 0.416 e. The number of pyridine rings is 1. The van der Waals surface area contributed by atoms with Gasteiger partial charge in [0, 0.05) is 18.2 Å². The second-order valence-corrected chi connectivity index (χ2v) is 6.59. The molecule has 3 heterocycles. The van der Waals surface area contributed by atoms with Crippen LogP contribution in [0.4, 0.5) is 13.2 Å². The molecular weight excluding hydrogens is 377 g/mol. The summed E-state index contributed by atoms with van der Waals surface area (Å²) in [5, 5.41) is 10.1. The number of amides is 1. The van der Waals surface area contributed by atoms with Gasteiger partial charge in [0.15, 0.2) is 11.5 Å². The van der Waals surface area contributed by atoms with Crippen molar-refractivity contribution < 1.29 is 18.0 Å². The average molecular weight is 392 g/mol. The zero-order valence-electron chi connectivity index (χ0n) is 14.5. The first kappa shape index (κ1) is 18.1. The molecule has 1 aliphatic carbocycles. The lowest BCUT2D eigenvalue weighted by Gasteiger charge is -2.08. The van der Waals surface area contributed by atoms with Gasteiger partial charge in [-0.15, -0.1) is 10.2 Å². The molecule has 3 aromatic heterocycles. The minimum absolute atomic E-state index is 0.0233. The largest absolute Gasteiger partial charge is 0.416 e. The number of halogens is 3. The molecule has 0 unspecified atom stereocenters. The fraction of sp³-hybridized carbons (Fsp3) is 0.353. The summed E-state index contributed by atoms with van der Waals surface area (Å²) in [6.45, 7) is -0.264. The van der Waals surface area contributed by atoms with Crippen molar-refractivity contribution in [1.29, 1.82) is 0 Å². The summed E-state index contributed by atoms with van der Waals surface area (Å²) in [4.78, 5) is 28.4. The molecule has 0 aromatic carbocycles. The van der Waals surface area contributed by atoms with Crippen LogP contribution < -0.4 is 10.9 Å². The Kier molecular flexibility index (Phi) is 4.36. The van der Waals surface area contributed by atoms with Crippen molar-refractivity contribution in [2.24, 2.45) is 0 Å². The Morgan fingerprint density at radius 3 is 2.71 bits per heavy atom. The van der Waals surface area contributed by atoms with E-state index in [2.05, 4.69) is 20.5 Å². The van der Waals surface area contributed by atoms with Gasteiger partial charge in [0.2, 0.25) is 5.91 Å². The van der Waals surface area contributed by atoms with E-state index in [-0.39, 0.29) is 30.1 Å². The molecule has 0 bridgehead atoms. The number of nitrogens with one attached hydrogen (secondary N) is 1. The maximum absolute atomic E-state index is 12.7. The second kappa shape index (κ2) is 6.73. The zero-order chi connectivity index (χ0) is 19.9. The third-order valence-electron chi connectivity index (χ3n) is 4.46. The number of alkyl halides is 3. The lowest BCUT2D eigenvalue weighted by atomic mass is 10.2. The van der Waals surface area contributed by atoms with Crippen molar-refractivity contribution in [3.63, 3.8) is 0 Å². The Balaban J connectivity index is 1.41. The van der Waals surface area contributed by atoms with Crippen molar-refractivity contribution in [3.05, 3.63) is 58.2 Å². The van der Waals surface area contributed by atoms with E-state index in [0.717, 1.165) is 30.7 Å². The second-order valence-electron chi connectivity index (χ2n) is 6.59. The summed E-state index contributed by atoms with van der Waals surface area (Å²) in [5.41, 5.74) is -0.367. The van der Waals surface area contributed by atoms with Gasteiger partial charge in [-0.2, -0.15) is 13.2 Å². The highest BCUT2D eigenvalue weighted by Gasteiger charge is 2.31. The molecule has 146 valence electrons. The molecule has 1 aliphatic rings. The van der Waals surface area contributed by atoms with E-state index >= 15 is 0 Å². The van der Waals surface area contributed by atoms with Crippen LogP contribution in [0.2, 0.25) is 0 Å². The van der Waals surface area contributed by atoms with Gasteiger partial charge in [-0.3, -0.25) is 18.6 Å². The van der Waals surface area contributed by atoms with Gasteiger partial charge in [-0.1, -0.05) is 0 Å². The molecule has 0 aliphatic heterocycles. The van der Waals surface area contributed by atoms with Gasteiger partial charge in [0.05, 0.1) is 24.1 Å². The Hall–Kier alpha value is -3.24. The van der Waals surface area contributed by atoms with Crippen LogP contribution in [0.25, 0.3) is 5.65 Å². The van der Waals surface area contributed by atoms with E-state index in [1.165, 1.54) is 27.6 Å². The standard InChI is InChI=1S/C17H15F3N6O2/c18-17(19,20)11-3-4-26-13(5-11)23-24-14(26)7-21-15(27)8-25-9-22-12(6-16(25)28)10-1-2-10/h3-6,9-10H,1-2,7-8H2,(H,21,27). The zero-order valence-corrected chi connectivity index (χ0v) is 14.5. The van der Waals surface area contributed by atoms with E-state index in [9.17, 15) is 22.8 Å². The Morgan fingerprint density at radius 1 is 1.25 bits per heavy atom. The number of aromatic nitrogens is 5. The number of rotatable bonds is 5. The third-order valence-corrected chi connectivity index (χ3v) is 4.46. The Morgan fingerprint density at radius 2 is 2.04 bits per heavy atom. The first-order valence-electron chi connectivity index (χ1n) is 8.55. The normalized spacial score (nSPS) is 14.4. The van der Waals surface area contributed by atoms with Crippen LogP contribution in [0.3, 0.4) is 0 Å². The highest BCUT2D eigenvalue weighted by Crippen LogP contribution is 2.38. The number of carbonyl (C=O) groups is 1. The van der Waals surface area contributed by atoms with Gasteiger partial charge in [-0.05, 0) is 25.0 Å². The quantitative estimate of drug-likeness (QED) is 0.710. The summed E-state index contributed by atoms with van der Waals surface area (Å²) in [7, 11) is 0. The number of hydrogen-bond donors (Lipinski definition) is 1. The molecule has 11 heteroatoms. The Bertz CT molecular complexity index is 1100. The van der Waals surface area contributed by atoms with Gasteiger partial charge in [0.1, 0.15) is 6.54 Å². The molecule has 28 heavy (non-hydrogen) atoms. The molecule has 3 aromatic rings. The third kappa shape index (κ3) is 3.73. The van der Waals surface area contributed by atoms with Gasteiger partial charge in [-0.25, -0.2) is 4.98 Å². The van der Waals surface area contributed by atoms with Crippen molar-refractivity contribution in [3.8, 4) is 0 Å². The van der Waals surface area contributed by atoms with E-state index in [4.69, 9.17) is 0 Å². The maximum atomic E-state index is 12.7. The van der Waals surface area contributed by atoms with Crippen molar-refractivity contribution in [1.82, 2.24) is 29.5 Å². The lowest BCUT2D eigenvalue weighted by molar-refractivity contribution is -0.137. The smallest absolute Gasteiger partial charge is 0.347 e. The summed E-state index contributed by atoms with van der Waals surface area (Å²) < 4.78 is 40.8. The predicted molar refractivity (Wildman–Crippen MR) is 90.3 cm³/mol. The van der Waals surface area contributed by atoms with Crippen molar-refractivity contribution >= 4 is 11.6 Å². The molecule has 4 rings (SSSR count). The molecule has 1 amide bonds. The summed E-state index contributed by atoms with van der Waals surface area (Å²) in [5.74, 6) is 0.161. The molecule has 1 saturated carbocycles. The fourth-order valence-electron chi connectivity index (χ4n) is 2.79. The minimum atomic E-state index is -4.47. The van der Waals surface area contributed by atoms with Gasteiger partial charge >= 0.3 is 6.18 Å². The van der Waals surface area contributed by atoms with E-state index < -0.39 is 17.6 Å². The number of fused-ring (bicyclic) bond motifs is 1. The summed E-state index contributed by atoms with van der Waals surface area (Å²) >= 11 is 0. The monoisotopic (exact) mass is 392 g/mol. The number of carbonyl (C=O) groups excluding carboxylic acids is 1. The summed E-state index contributed by atoms with van der Waals surface area (Å²) in [6, 6.07) is 3.23. The van der Waals surface area contributed by atoms with Crippen molar-refractivity contribution in [2.75, 3.05) is 0 Å². The first-order valence-corrected chi connectivity index (χ1v) is 8.55. The molecule has 0 radical (unpaired) electrons. The highest BCUT2D eigenvalue weighted by atomic mass is 19.4. The van der Waals surface area contributed by atoms with E-state index in [0.29, 0.717) is 5.92 Å². The number of hydrogen-bond acceptors (Lipinski definition) is 5. The van der Waals surface area contributed by atoms with Gasteiger partial charge < -0.3 is 5.32 Å². The first-order chi connectivity index (χ1) is 13.3. The topological polar surface area (TPSA) is 94.2 Å². The van der Waals surface area contributed by atoms with Crippen LogP contribution in [0.5, 0.6) is 0 Å². The van der Waals surface area contributed by atoms with Crippen molar-refractivity contribution in [2.45, 2.75) is 38.0 Å². The Labute approximate surface area is 156 Å². The SMILES string of the molecule is O=C(Cn1cnc(C2CC2)cc1=O)NCc1nnc2cc(C(F)(F)F)ccn12. The molecule has 0 spiro atoms. The van der Waals surface area contributed by atoms with Crippen LogP contribution in [-0.2, 0) is 24.1 Å². The fourth-order valence-corrected chi connectivity index (χ4v) is 2.79. The van der Waals surface area contributed by atoms with E-state index in [1.807, 2.05) is 0 Å². The molecule has 1 N–H and O–H groups in total. The van der Waals surface area contributed by atoms with Crippen LogP contribution in [0.1, 0.15) is 35.8 Å². The van der Waals surface area contributed by atoms with Crippen LogP contribution in [-0.4, -0.2) is 30.1 Å². The molecular formula is C17H15F3N6O2. The van der Waals surface area contributed by atoms with E-state index in [1.54, 1.807) is 0 Å². The molecule has 1 fully saturated rings. The molecule has 0 atom stereocenters. The van der Waals surface area contributed by atoms with Crippen LogP contribution in [0.15, 0.2) is 35.5 Å². The van der Waals surface area contributed by atoms with Gasteiger partial charge in [0.25, 0.3) is 5.56 Å². The van der Waals surface area contributed by atoms with Crippen LogP contribution in [0, 0.1) is 0 Å². The lowest BCUT2D eigenvalue weighted by Crippen LogP contribution is -2.32. The summed E-state index contributed by atoms with van der Waals surface area (Å²) in [6.07, 6.45) is 0.116. The predicted octanol–water partition coefficient (Wildman–Crippen LogP) is 1.50. The molecule has 0 saturated heterocycles. The number of nitrogens with zero attached hydrogens (tertiary/aromatic N) is 5. The van der Waals surface area contributed by atoms with Crippen LogP contribution >= 0.6 is 0 Å². The average Bonchev–Trinajstić information content (AvgIpc) is 3.41. The highest BCUT2D eigenvalue weighted by molar-refractivity contribution is 5.75. The minimum Gasteiger partial charge on any atom is -0.347 e.